The maximum Gasteiger partial charge on any atom is 0.262 e. The van der Waals surface area contributed by atoms with E-state index in [0.717, 1.165) is 6.07 Å². The quantitative estimate of drug-likeness (QED) is 0.889. The molecule has 1 heterocycles. The van der Waals surface area contributed by atoms with E-state index in [-0.39, 0.29) is 10.6 Å². The Balaban J connectivity index is 2.28. The van der Waals surface area contributed by atoms with E-state index in [9.17, 15) is 12.8 Å². The zero-order chi connectivity index (χ0) is 14.6. The van der Waals surface area contributed by atoms with Gasteiger partial charge in [-0.2, -0.15) is 0 Å². The van der Waals surface area contributed by atoms with Gasteiger partial charge in [0.15, 0.2) is 0 Å². The molecule has 0 saturated carbocycles. The summed E-state index contributed by atoms with van der Waals surface area (Å²) in [5.41, 5.74) is 0.173. The van der Waals surface area contributed by atoms with Gasteiger partial charge in [-0.05, 0) is 31.2 Å². The summed E-state index contributed by atoms with van der Waals surface area (Å²) in [6, 6.07) is 8.07. The number of benzene rings is 1. The number of sulfonamides is 1. The molecule has 1 aromatic carbocycles. The van der Waals surface area contributed by atoms with E-state index in [1.54, 1.807) is 0 Å². The van der Waals surface area contributed by atoms with Crippen LogP contribution in [0.25, 0.3) is 0 Å². The van der Waals surface area contributed by atoms with Gasteiger partial charge in [0.1, 0.15) is 11.6 Å². The largest absolute Gasteiger partial charge is 0.370 e. The first-order valence-corrected chi connectivity index (χ1v) is 7.48. The molecular formula is C13H14FN3O2S. The number of hydrogen-bond donors (Lipinski definition) is 2. The third-order valence-corrected chi connectivity index (χ3v) is 3.86. The Bertz CT molecular complexity index is 704. The Morgan fingerprint density at radius 1 is 1.25 bits per heavy atom. The number of halogens is 1. The van der Waals surface area contributed by atoms with Crippen molar-refractivity contribution in [2.75, 3.05) is 16.6 Å². The van der Waals surface area contributed by atoms with Crippen molar-refractivity contribution in [1.29, 1.82) is 0 Å². The average Bonchev–Trinajstić information content (AvgIpc) is 2.39. The molecule has 2 N–H and O–H groups in total. The molecule has 0 fully saturated rings. The van der Waals surface area contributed by atoms with Crippen molar-refractivity contribution in [1.82, 2.24) is 4.98 Å². The highest BCUT2D eigenvalue weighted by Gasteiger charge is 2.15. The molecule has 0 amide bonds. The Morgan fingerprint density at radius 3 is 2.75 bits per heavy atom. The van der Waals surface area contributed by atoms with Crippen LogP contribution in [0, 0.1) is 5.82 Å². The van der Waals surface area contributed by atoms with Crippen molar-refractivity contribution in [2.45, 2.75) is 11.8 Å². The average molecular weight is 295 g/mol. The van der Waals surface area contributed by atoms with Crippen molar-refractivity contribution < 1.29 is 12.8 Å². The number of hydrogen-bond acceptors (Lipinski definition) is 4. The molecule has 0 bridgehead atoms. The number of pyridine rings is 1. The third-order valence-electron chi connectivity index (χ3n) is 2.48. The first-order chi connectivity index (χ1) is 9.51. The van der Waals surface area contributed by atoms with E-state index >= 15 is 0 Å². The summed E-state index contributed by atoms with van der Waals surface area (Å²) in [4.78, 5) is 4.06. The molecule has 5 nitrogen and oxygen atoms in total. The van der Waals surface area contributed by atoms with Gasteiger partial charge in [-0.25, -0.2) is 17.8 Å². The molecule has 20 heavy (non-hydrogen) atoms. The molecule has 0 aliphatic rings. The minimum atomic E-state index is -3.77. The molecule has 2 aromatic rings. The van der Waals surface area contributed by atoms with Crippen LogP contribution >= 0.6 is 0 Å². The van der Waals surface area contributed by atoms with Crippen LogP contribution in [0.15, 0.2) is 47.5 Å². The molecule has 0 saturated heterocycles. The van der Waals surface area contributed by atoms with Gasteiger partial charge in [-0.1, -0.05) is 6.07 Å². The molecule has 1 aromatic heterocycles. The Hall–Kier alpha value is -2.15. The molecule has 0 unspecified atom stereocenters. The monoisotopic (exact) mass is 295 g/mol. The van der Waals surface area contributed by atoms with Crippen LogP contribution < -0.4 is 10.0 Å². The van der Waals surface area contributed by atoms with Crippen LogP contribution in [-0.4, -0.2) is 19.9 Å². The number of nitrogens with one attached hydrogen (secondary N) is 2. The molecule has 0 radical (unpaired) electrons. The number of anilines is 2. The SMILES string of the molecule is CCNc1cc(S(=O)(=O)Nc2cccc(F)c2)ccn1. The Kier molecular flexibility index (Phi) is 4.19. The number of rotatable bonds is 5. The maximum absolute atomic E-state index is 13.1. The van der Waals surface area contributed by atoms with E-state index in [4.69, 9.17) is 0 Å². The fourth-order valence-electron chi connectivity index (χ4n) is 1.62. The van der Waals surface area contributed by atoms with E-state index in [1.807, 2.05) is 6.92 Å². The molecule has 0 atom stereocenters. The lowest BCUT2D eigenvalue weighted by molar-refractivity contribution is 0.601. The van der Waals surface area contributed by atoms with Gasteiger partial charge in [0.05, 0.1) is 10.6 Å². The summed E-state index contributed by atoms with van der Waals surface area (Å²) in [6.45, 7) is 2.52. The first-order valence-electron chi connectivity index (χ1n) is 5.99. The minimum absolute atomic E-state index is 0.0627. The zero-order valence-electron chi connectivity index (χ0n) is 10.8. The van der Waals surface area contributed by atoms with Crippen molar-refractivity contribution >= 4 is 21.5 Å². The maximum atomic E-state index is 13.1. The van der Waals surface area contributed by atoms with E-state index in [0.29, 0.717) is 12.4 Å². The van der Waals surface area contributed by atoms with Crippen molar-refractivity contribution in [2.24, 2.45) is 0 Å². The summed E-state index contributed by atoms with van der Waals surface area (Å²) in [7, 11) is -3.77. The normalized spacial score (nSPS) is 11.1. The standard InChI is InChI=1S/C13H14FN3O2S/c1-2-15-13-9-12(6-7-16-13)20(18,19)17-11-5-3-4-10(14)8-11/h3-9,17H,2H2,1H3,(H,15,16). The van der Waals surface area contributed by atoms with Gasteiger partial charge in [-0.15, -0.1) is 0 Å². The predicted octanol–water partition coefficient (Wildman–Crippen LogP) is 2.45. The summed E-state index contributed by atoms with van der Waals surface area (Å²) in [6.07, 6.45) is 1.40. The second-order valence-electron chi connectivity index (χ2n) is 4.02. The lowest BCUT2D eigenvalue weighted by Crippen LogP contribution is -2.13. The summed E-state index contributed by atoms with van der Waals surface area (Å²) >= 11 is 0. The van der Waals surface area contributed by atoms with Gasteiger partial charge in [0.25, 0.3) is 10.0 Å². The third kappa shape index (κ3) is 3.45. The zero-order valence-corrected chi connectivity index (χ0v) is 11.6. The fourth-order valence-corrected chi connectivity index (χ4v) is 2.68. The second kappa shape index (κ2) is 5.87. The van der Waals surface area contributed by atoms with E-state index in [2.05, 4.69) is 15.0 Å². The lowest BCUT2D eigenvalue weighted by atomic mass is 10.3. The fraction of sp³-hybridized carbons (Fsp3) is 0.154. The van der Waals surface area contributed by atoms with Gasteiger partial charge in [0.2, 0.25) is 0 Å². The molecule has 0 spiro atoms. The summed E-state index contributed by atoms with van der Waals surface area (Å²) in [5, 5.41) is 2.93. The Labute approximate surface area is 116 Å². The van der Waals surface area contributed by atoms with Gasteiger partial charge in [0, 0.05) is 18.8 Å². The summed E-state index contributed by atoms with van der Waals surface area (Å²) < 4.78 is 39.7. The summed E-state index contributed by atoms with van der Waals surface area (Å²) in [5.74, 6) is -0.0390. The van der Waals surface area contributed by atoms with Crippen LogP contribution in [-0.2, 0) is 10.0 Å². The molecule has 0 aliphatic carbocycles. The first kappa shape index (κ1) is 14.3. The van der Waals surface area contributed by atoms with Crippen molar-refractivity contribution in [3.8, 4) is 0 Å². The van der Waals surface area contributed by atoms with Crippen LogP contribution in [0.1, 0.15) is 6.92 Å². The van der Waals surface area contributed by atoms with Crippen LogP contribution in [0.2, 0.25) is 0 Å². The number of nitrogens with zero attached hydrogens (tertiary/aromatic N) is 1. The van der Waals surface area contributed by atoms with E-state index < -0.39 is 15.8 Å². The van der Waals surface area contributed by atoms with Crippen molar-refractivity contribution in [3.63, 3.8) is 0 Å². The van der Waals surface area contributed by atoms with Crippen LogP contribution in [0.5, 0.6) is 0 Å². The van der Waals surface area contributed by atoms with Gasteiger partial charge < -0.3 is 5.32 Å². The molecule has 7 heteroatoms. The lowest BCUT2D eigenvalue weighted by Gasteiger charge is -2.09. The molecule has 0 aliphatic heterocycles. The highest BCUT2D eigenvalue weighted by molar-refractivity contribution is 7.92. The van der Waals surface area contributed by atoms with Crippen LogP contribution in [0.4, 0.5) is 15.9 Å². The molecular weight excluding hydrogens is 281 g/mol. The molecule has 2 rings (SSSR count). The van der Waals surface area contributed by atoms with Crippen molar-refractivity contribution in [3.05, 3.63) is 48.4 Å². The van der Waals surface area contributed by atoms with Gasteiger partial charge in [-0.3, -0.25) is 4.72 Å². The highest BCUT2D eigenvalue weighted by Crippen LogP contribution is 2.18. The van der Waals surface area contributed by atoms with E-state index in [1.165, 1.54) is 36.5 Å². The highest BCUT2D eigenvalue weighted by atomic mass is 32.2. The molecule has 106 valence electrons. The van der Waals surface area contributed by atoms with Gasteiger partial charge >= 0.3 is 0 Å². The Morgan fingerprint density at radius 2 is 2.05 bits per heavy atom. The smallest absolute Gasteiger partial charge is 0.262 e. The topological polar surface area (TPSA) is 71.1 Å². The van der Waals surface area contributed by atoms with Crippen LogP contribution in [0.3, 0.4) is 0 Å². The second-order valence-corrected chi connectivity index (χ2v) is 5.71. The minimum Gasteiger partial charge on any atom is -0.370 e. The predicted molar refractivity (Wildman–Crippen MR) is 75.6 cm³/mol. The number of aromatic nitrogens is 1.